The van der Waals surface area contributed by atoms with Crippen LogP contribution < -0.4 is 0 Å². The lowest BCUT2D eigenvalue weighted by Gasteiger charge is -2.37. The molecule has 0 radical (unpaired) electrons. The van der Waals surface area contributed by atoms with Crippen LogP contribution in [0.25, 0.3) is 0 Å². The van der Waals surface area contributed by atoms with Crippen LogP contribution in [0.3, 0.4) is 0 Å². The first kappa shape index (κ1) is 8.52. The lowest BCUT2D eigenvalue weighted by molar-refractivity contribution is -0.215. The van der Waals surface area contributed by atoms with E-state index in [0.29, 0.717) is 12.0 Å². The van der Waals surface area contributed by atoms with Gasteiger partial charge in [0.25, 0.3) is 0 Å². The molecule has 0 bridgehead atoms. The van der Waals surface area contributed by atoms with Crippen molar-refractivity contribution in [2.24, 2.45) is 5.92 Å². The van der Waals surface area contributed by atoms with Gasteiger partial charge in [-0.1, -0.05) is 13.3 Å². The van der Waals surface area contributed by atoms with E-state index in [1.54, 1.807) is 0 Å². The predicted octanol–water partition coefficient (Wildman–Crippen LogP) is 2.33. The summed E-state index contributed by atoms with van der Waals surface area (Å²) in [6.45, 7) is 5.12. The van der Waals surface area contributed by atoms with E-state index >= 15 is 0 Å². The van der Waals surface area contributed by atoms with Crippen molar-refractivity contribution in [3.05, 3.63) is 0 Å². The third kappa shape index (κ3) is 1.27. The van der Waals surface area contributed by atoms with Crippen LogP contribution in [-0.4, -0.2) is 18.5 Å². The van der Waals surface area contributed by atoms with E-state index in [-0.39, 0.29) is 5.79 Å². The van der Waals surface area contributed by atoms with E-state index in [1.807, 2.05) is 0 Å². The summed E-state index contributed by atoms with van der Waals surface area (Å²) in [5, 5.41) is 0. The topological polar surface area (TPSA) is 18.5 Å². The van der Waals surface area contributed by atoms with E-state index in [1.165, 1.54) is 19.3 Å². The van der Waals surface area contributed by atoms with Gasteiger partial charge in [-0.15, -0.1) is 0 Å². The zero-order chi connectivity index (χ0) is 8.60. The van der Waals surface area contributed by atoms with Crippen LogP contribution in [0.2, 0.25) is 0 Å². The molecule has 2 heteroatoms. The molecule has 0 amide bonds. The molecule has 0 aromatic carbocycles. The average Bonchev–Trinajstić information content (AvgIpc) is 2.41. The monoisotopic (exact) mass is 170 g/mol. The summed E-state index contributed by atoms with van der Waals surface area (Å²) < 4.78 is 11.7. The molecular weight excluding hydrogens is 152 g/mol. The Kier molecular flexibility index (Phi) is 2.13. The van der Waals surface area contributed by atoms with Crippen LogP contribution >= 0.6 is 0 Å². The van der Waals surface area contributed by atoms with Crippen molar-refractivity contribution in [2.45, 2.75) is 51.4 Å². The molecule has 1 aliphatic carbocycles. The highest BCUT2D eigenvalue weighted by Crippen LogP contribution is 2.41. The standard InChI is InChI=1S/C10H18O2/c1-8-5-3-4-6-10(8)11-7-9(2)12-10/h8-9H,3-7H2,1-2H3/t8-,9+,10+/m0/s1. The zero-order valence-electron chi connectivity index (χ0n) is 8.01. The molecule has 0 N–H and O–H groups in total. The molecule has 2 rings (SSSR count). The molecule has 0 aromatic rings. The van der Waals surface area contributed by atoms with Crippen molar-refractivity contribution in [1.82, 2.24) is 0 Å². The number of hydrogen-bond donors (Lipinski definition) is 0. The first-order valence-corrected chi connectivity index (χ1v) is 5.05. The van der Waals surface area contributed by atoms with E-state index in [2.05, 4.69) is 13.8 Å². The highest BCUT2D eigenvalue weighted by Gasteiger charge is 2.45. The maximum Gasteiger partial charge on any atom is 0.171 e. The van der Waals surface area contributed by atoms with E-state index in [9.17, 15) is 0 Å². The maximum atomic E-state index is 5.88. The fourth-order valence-electron chi connectivity index (χ4n) is 2.34. The summed E-state index contributed by atoms with van der Waals surface area (Å²) >= 11 is 0. The van der Waals surface area contributed by atoms with Gasteiger partial charge in [0.05, 0.1) is 12.7 Å². The molecule has 1 saturated carbocycles. The molecule has 0 aromatic heterocycles. The van der Waals surface area contributed by atoms with Crippen molar-refractivity contribution in [1.29, 1.82) is 0 Å². The summed E-state index contributed by atoms with van der Waals surface area (Å²) in [6, 6.07) is 0. The van der Waals surface area contributed by atoms with Gasteiger partial charge < -0.3 is 9.47 Å². The largest absolute Gasteiger partial charge is 0.347 e. The quantitative estimate of drug-likeness (QED) is 0.555. The Balaban J connectivity index is 2.07. The first-order chi connectivity index (χ1) is 5.73. The van der Waals surface area contributed by atoms with Crippen molar-refractivity contribution in [3.63, 3.8) is 0 Å². The van der Waals surface area contributed by atoms with Gasteiger partial charge in [-0.05, 0) is 19.8 Å². The lowest BCUT2D eigenvalue weighted by Crippen LogP contribution is -2.40. The SMILES string of the molecule is C[C@@H]1CO[C@]2(CCCC[C@@H]2C)O1. The minimum Gasteiger partial charge on any atom is -0.347 e. The molecular formula is C10H18O2. The summed E-state index contributed by atoms with van der Waals surface area (Å²) in [5.74, 6) is 0.383. The van der Waals surface area contributed by atoms with E-state index < -0.39 is 0 Å². The number of hydrogen-bond acceptors (Lipinski definition) is 2. The molecule has 1 saturated heterocycles. The smallest absolute Gasteiger partial charge is 0.171 e. The molecule has 3 atom stereocenters. The predicted molar refractivity (Wildman–Crippen MR) is 46.9 cm³/mol. The lowest BCUT2D eigenvalue weighted by atomic mass is 9.84. The molecule has 12 heavy (non-hydrogen) atoms. The van der Waals surface area contributed by atoms with E-state index in [4.69, 9.17) is 9.47 Å². The average molecular weight is 170 g/mol. The minimum atomic E-state index is -0.197. The Morgan fingerprint density at radius 3 is 2.67 bits per heavy atom. The third-order valence-electron chi connectivity index (χ3n) is 3.13. The zero-order valence-corrected chi connectivity index (χ0v) is 8.01. The molecule has 1 heterocycles. The minimum absolute atomic E-state index is 0.197. The summed E-state index contributed by atoms with van der Waals surface area (Å²) in [4.78, 5) is 0. The maximum absolute atomic E-state index is 5.88. The molecule has 70 valence electrons. The normalized spacial score (nSPS) is 48.5. The molecule has 2 nitrogen and oxygen atoms in total. The second-order valence-electron chi connectivity index (χ2n) is 4.20. The van der Waals surface area contributed by atoms with Gasteiger partial charge in [0, 0.05) is 12.3 Å². The highest BCUT2D eigenvalue weighted by atomic mass is 16.7. The van der Waals surface area contributed by atoms with Gasteiger partial charge in [0.15, 0.2) is 5.79 Å². The Hall–Kier alpha value is -0.0800. The molecule has 0 unspecified atom stereocenters. The molecule has 1 spiro atoms. The summed E-state index contributed by atoms with van der Waals surface area (Å²) in [5.41, 5.74) is 0. The Morgan fingerprint density at radius 1 is 1.25 bits per heavy atom. The van der Waals surface area contributed by atoms with Crippen molar-refractivity contribution < 1.29 is 9.47 Å². The van der Waals surface area contributed by atoms with Gasteiger partial charge >= 0.3 is 0 Å². The number of ether oxygens (including phenoxy) is 2. The Labute approximate surface area is 74.2 Å². The van der Waals surface area contributed by atoms with Crippen LogP contribution in [0.1, 0.15) is 39.5 Å². The molecule has 2 fully saturated rings. The first-order valence-electron chi connectivity index (χ1n) is 5.05. The van der Waals surface area contributed by atoms with Gasteiger partial charge in [-0.25, -0.2) is 0 Å². The van der Waals surface area contributed by atoms with Gasteiger partial charge in [0.1, 0.15) is 0 Å². The van der Waals surface area contributed by atoms with Crippen LogP contribution in [0.4, 0.5) is 0 Å². The third-order valence-corrected chi connectivity index (χ3v) is 3.13. The van der Waals surface area contributed by atoms with Gasteiger partial charge in [-0.2, -0.15) is 0 Å². The fourth-order valence-corrected chi connectivity index (χ4v) is 2.34. The van der Waals surface area contributed by atoms with Crippen LogP contribution in [0.5, 0.6) is 0 Å². The van der Waals surface area contributed by atoms with Crippen molar-refractivity contribution in [3.8, 4) is 0 Å². The Bertz CT molecular complexity index is 165. The number of rotatable bonds is 0. The van der Waals surface area contributed by atoms with Gasteiger partial charge in [-0.3, -0.25) is 0 Å². The Morgan fingerprint density at radius 2 is 2.08 bits per heavy atom. The van der Waals surface area contributed by atoms with Crippen molar-refractivity contribution >= 4 is 0 Å². The highest BCUT2D eigenvalue weighted by molar-refractivity contribution is 4.85. The fraction of sp³-hybridized carbons (Fsp3) is 1.00. The molecule has 2 aliphatic rings. The van der Waals surface area contributed by atoms with Crippen LogP contribution in [0, 0.1) is 5.92 Å². The van der Waals surface area contributed by atoms with Crippen LogP contribution in [-0.2, 0) is 9.47 Å². The second kappa shape index (κ2) is 3.00. The van der Waals surface area contributed by atoms with Gasteiger partial charge in [0.2, 0.25) is 0 Å². The summed E-state index contributed by atoms with van der Waals surface area (Å²) in [6.07, 6.45) is 5.25. The summed E-state index contributed by atoms with van der Waals surface area (Å²) in [7, 11) is 0. The second-order valence-corrected chi connectivity index (χ2v) is 4.20. The van der Waals surface area contributed by atoms with E-state index in [0.717, 1.165) is 13.0 Å². The van der Waals surface area contributed by atoms with Crippen molar-refractivity contribution in [2.75, 3.05) is 6.61 Å². The van der Waals surface area contributed by atoms with Crippen LogP contribution in [0.15, 0.2) is 0 Å². The molecule has 1 aliphatic heterocycles.